The third-order valence-corrected chi connectivity index (χ3v) is 3.76. The second kappa shape index (κ2) is 6.59. The maximum Gasteiger partial charge on any atom is 0.203 e. The smallest absolute Gasteiger partial charge is 0.203 e. The van der Waals surface area contributed by atoms with Crippen LogP contribution in [0.25, 0.3) is 0 Å². The molecule has 1 fully saturated rings. The summed E-state index contributed by atoms with van der Waals surface area (Å²) in [5.41, 5.74) is 0. The average molecular weight is 248 g/mol. The maximum absolute atomic E-state index is 4.31. The molecule has 0 unspecified atom stereocenters. The summed E-state index contributed by atoms with van der Waals surface area (Å²) in [5.74, 6) is 0.940. The Balaban J connectivity index is 1.81. The van der Waals surface area contributed by atoms with Crippen LogP contribution in [0.3, 0.4) is 0 Å². The van der Waals surface area contributed by atoms with Crippen molar-refractivity contribution in [1.82, 2.24) is 14.5 Å². The van der Waals surface area contributed by atoms with Gasteiger partial charge in [0.2, 0.25) is 5.95 Å². The molecule has 0 aromatic carbocycles. The lowest BCUT2D eigenvalue weighted by atomic mass is 10.2. The van der Waals surface area contributed by atoms with Crippen molar-refractivity contribution >= 4 is 5.95 Å². The van der Waals surface area contributed by atoms with Crippen LogP contribution in [0.1, 0.15) is 25.7 Å². The quantitative estimate of drug-likeness (QED) is 0.752. The van der Waals surface area contributed by atoms with Crippen LogP contribution in [0.2, 0.25) is 0 Å². The Morgan fingerprint density at radius 2 is 2.33 bits per heavy atom. The van der Waals surface area contributed by atoms with E-state index in [0.29, 0.717) is 0 Å². The first-order chi connectivity index (χ1) is 8.81. The van der Waals surface area contributed by atoms with Gasteiger partial charge in [0.25, 0.3) is 0 Å². The Bertz CT molecular complexity index is 366. The molecule has 1 aromatic heterocycles. The van der Waals surface area contributed by atoms with Gasteiger partial charge in [-0.15, -0.1) is 6.58 Å². The Morgan fingerprint density at radius 3 is 3.06 bits per heavy atom. The van der Waals surface area contributed by atoms with E-state index in [1.54, 1.807) is 0 Å². The van der Waals surface area contributed by atoms with E-state index in [0.717, 1.165) is 31.6 Å². The van der Waals surface area contributed by atoms with Crippen molar-refractivity contribution in [3.63, 3.8) is 0 Å². The van der Waals surface area contributed by atoms with Crippen LogP contribution in [-0.4, -0.2) is 40.6 Å². The number of nitrogens with zero attached hydrogens (tertiary/aromatic N) is 3. The number of rotatable bonds is 7. The number of hydrogen-bond acceptors (Lipinski definition) is 3. The molecule has 1 N–H and O–H groups in total. The van der Waals surface area contributed by atoms with Gasteiger partial charge in [-0.1, -0.05) is 18.9 Å². The lowest BCUT2D eigenvalue weighted by Gasteiger charge is -2.24. The number of imidazole rings is 1. The first-order valence-corrected chi connectivity index (χ1v) is 6.87. The molecule has 4 heteroatoms. The lowest BCUT2D eigenvalue weighted by molar-refractivity contribution is 0.237. The minimum atomic E-state index is 0.759. The fourth-order valence-corrected chi connectivity index (χ4v) is 2.61. The normalized spacial score (nSPS) is 16.3. The molecule has 1 heterocycles. The largest absolute Gasteiger partial charge is 0.352 e. The number of aromatic nitrogens is 2. The number of likely N-dealkylation sites (N-methyl/N-ethyl adjacent to an activating group) is 1. The zero-order valence-corrected chi connectivity index (χ0v) is 11.3. The van der Waals surface area contributed by atoms with E-state index in [9.17, 15) is 0 Å². The molecule has 2 rings (SSSR count). The van der Waals surface area contributed by atoms with Gasteiger partial charge in [-0.05, 0) is 19.9 Å². The molecule has 1 aromatic rings. The number of hydrogen-bond donors (Lipinski definition) is 1. The Kier molecular flexibility index (Phi) is 4.81. The molecule has 0 spiro atoms. The SMILES string of the molecule is C=CCNc1nccn1CCN(C)C1CCCC1. The standard InChI is InChI=1S/C14H24N4/c1-3-8-15-14-16-9-10-18(14)12-11-17(2)13-6-4-5-7-13/h3,9-10,13H,1,4-8,11-12H2,2H3,(H,15,16). The maximum atomic E-state index is 4.31. The molecule has 0 bridgehead atoms. The lowest BCUT2D eigenvalue weighted by Crippen LogP contribution is -2.32. The van der Waals surface area contributed by atoms with Gasteiger partial charge in [-0.2, -0.15) is 0 Å². The first kappa shape index (κ1) is 13.1. The summed E-state index contributed by atoms with van der Waals surface area (Å²) < 4.78 is 2.18. The van der Waals surface area contributed by atoms with Gasteiger partial charge in [0, 0.05) is 38.1 Å². The van der Waals surface area contributed by atoms with E-state index < -0.39 is 0 Å². The molecular weight excluding hydrogens is 224 g/mol. The highest BCUT2D eigenvalue weighted by Gasteiger charge is 2.19. The van der Waals surface area contributed by atoms with Crippen LogP contribution in [0.15, 0.2) is 25.0 Å². The van der Waals surface area contributed by atoms with E-state index in [1.807, 2.05) is 18.5 Å². The molecule has 0 radical (unpaired) electrons. The topological polar surface area (TPSA) is 33.1 Å². The van der Waals surface area contributed by atoms with Gasteiger partial charge >= 0.3 is 0 Å². The van der Waals surface area contributed by atoms with Crippen LogP contribution >= 0.6 is 0 Å². The minimum Gasteiger partial charge on any atom is -0.352 e. The summed E-state index contributed by atoms with van der Waals surface area (Å²) in [6.07, 6.45) is 11.3. The van der Waals surface area contributed by atoms with Crippen molar-refractivity contribution in [2.45, 2.75) is 38.3 Å². The fourth-order valence-electron chi connectivity index (χ4n) is 2.61. The van der Waals surface area contributed by atoms with Crippen molar-refractivity contribution in [3.8, 4) is 0 Å². The summed E-state index contributed by atoms with van der Waals surface area (Å²) in [6, 6.07) is 0.790. The van der Waals surface area contributed by atoms with E-state index in [4.69, 9.17) is 0 Å². The summed E-state index contributed by atoms with van der Waals surface area (Å²) >= 11 is 0. The summed E-state index contributed by atoms with van der Waals surface area (Å²) in [6.45, 7) is 6.55. The van der Waals surface area contributed by atoms with Crippen molar-refractivity contribution in [3.05, 3.63) is 25.0 Å². The van der Waals surface area contributed by atoms with Gasteiger partial charge in [-0.3, -0.25) is 0 Å². The van der Waals surface area contributed by atoms with Gasteiger partial charge in [-0.25, -0.2) is 4.98 Å². The first-order valence-electron chi connectivity index (χ1n) is 6.87. The molecule has 1 aliphatic carbocycles. The zero-order chi connectivity index (χ0) is 12.8. The molecular formula is C14H24N4. The third-order valence-electron chi connectivity index (χ3n) is 3.76. The molecule has 0 saturated heterocycles. The average Bonchev–Trinajstić information content (AvgIpc) is 3.04. The second-order valence-electron chi connectivity index (χ2n) is 5.03. The summed E-state index contributed by atoms with van der Waals surface area (Å²) in [4.78, 5) is 6.81. The van der Waals surface area contributed by atoms with Crippen LogP contribution in [0.5, 0.6) is 0 Å². The third kappa shape index (κ3) is 3.35. The summed E-state index contributed by atoms with van der Waals surface area (Å²) in [7, 11) is 2.24. The van der Waals surface area contributed by atoms with Gasteiger partial charge in [0.1, 0.15) is 0 Å². The fraction of sp³-hybridized carbons (Fsp3) is 0.643. The van der Waals surface area contributed by atoms with Crippen LogP contribution in [0.4, 0.5) is 5.95 Å². The van der Waals surface area contributed by atoms with Crippen molar-refractivity contribution in [2.75, 3.05) is 25.5 Å². The van der Waals surface area contributed by atoms with E-state index >= 15 is 0 Å². The molecule has 1 aliphatic rings. The highest BCUT2D eigenvalue weighted by Crippen LogP contribution is 2.22. The molecule has 0 amide bonds. The highest BCUT2D eigenvalue weighted by atomic mass is 15.2. The van der Waals surface area contributed by atoms with Crippen LogP contribution in [0, 0.1) is 0 Å². The highest BCUT2D eigenvalue weighted by molar-refractivity contribution is 5.26. The minimum absolute atomic E-state index is 0.759. The van der Waals surface area contributed by atoms with Gasteiger partial charge in [0.05, 0.1) is 0 Å². The molecule has 4 nitrogen and oxygen atoms in total. The predicted octanol–water partition coefficient (Wildman–Crippen LogP) is 2.36. The molecule has 100 valence electrons. The Hall–Kier alpha value is -1.29. The molecule has 1 saturated carbocycles. The molecule has 0 aliphatic heterocycles. The predicted molar refractivity (Wildman–Crippen MR) is 75.8 cm³/mol. The van der Waals surface area contributed by atoms with Crippen molar-refractivity contribution in [2.24, 2.45) is 0 Å². The monoisotopic (exact) mass is 248 g/mol. The van der Waals surface area contributed by atoms with Crippen molar-refractivity contribution in [1.29, 1.82) is 0 Å². The second-order valence-corrected chi connectivity index (χ2v) is 5.03. The zero-order valence-electron chi connectivity index (χ0n) is 11.3. The summed E-state index contributed by atoms with van der Waals surface area (Å²) in [5, 5.41) is 3.25. The van der Waals surface area contributed by atoms with Crippen molar-refractivity contribution < 1.29 is 0 Å². The van der Waals surface area contributed by atoms with E-state index in [-0.39, 0.29) is 0 Å². The van der Waals surface area contributed by atoms with Crippen LogP contribution < -0.4 is 5.32 Å². The number of nitrogens with one attached hydrogen (secondary N) is 1. The molecule has 18 heavy (non-hydrogen) atoms. The Labute approximate surface area is 110 Å². The Morgan fingerprint density at radius 1 is 1.56 bits per heavy atom. The van der Waals surface area contributed by atoms with Gasteiger partial charge in [0.15, 0.2) is 0 Å². The number of anilines is 1. The van der Waals surface area contributed by atoms with E-state index in [1.165, 1.54) is 25.7 Å². The van der Waals surface area contributed by atoms with Gasteiger partial charge < -0.3 is 14.8 Å². The van der Waals surface area contributed by atoms with Crippen LogP contribution in [-0.2, 0) is 6.54 Å². The van der Waals surface area contributed by atoms with E-state index in [2.05, 4.69) is 33.4 Å². The molecule has 0 atom stereocenters.